The lowest BCUT2D eigenvalue weighted by atomic mass is 9.96. The molecule has 1 aliphatic rings. The third kappa shape index (κ3) is 3.45. The highest BCUT2D eigenvalue weighted by Gasteiger charge is 2.29. The number of nitrogens with two attached hydrogens (primary N) is 1. The molecular weight excluding hydrogens is 386 g/mol. The number of anilines is 3. The summed E-state index contributed by atoms with van der Waals surface area (Å²) in [6.07, 6.45) is 1.54. The Morgan fingerprint density at radius 3 is 2.23 bits per heavy atom. The molecule has 1 atom stereocenters. The van der Waals surface area contributed by atoms with Crippen molar-refractivity contribution in [3.8, 4) is 0 Å². The van der Waals surface area contributed by atoms with Crippen molar-refractivity contribution < 1.29 is 5.11 Å². The number of nitrogens with one attached hydrogen (secondary N) is 2. The van der Waals surface area contributed by atoms with E-state index in [1.165, 1.54) is 0 Å². The summed E-state index contributed by atoms with van der Waals surface area (Å²) >= 11 is 0. The van der Waals surface area contributed by atoms with Crippen LogP contribution in [0.1, 0.15) is 19.8 Å². The largest absolute Gasteiger partial charge is 0.398 e. The van der Waals surface area contributed by atoms with Crippen molar-refractivity contribution in [1.29, 1.82) is 0 Å². The molecule has 0 radical (unpaired) electrons. The highest BCUT2D eigenvalue weighted by Crippen LogP contribution is 2.43. The molecule has 0 saturated heterocycles. The van der Waals surface area contributed by atoms with E-state index in [1.807, 2.05) is 48.5 Å². The van der Waals surface area contributed by atoms with Crippen molar-refractivity contribution in [1.82, 2.24) is 0 Å². The van der Waals surface area contributed by atoms with E-state index in [-0.39, 0.29) is 12.3 Å². The summed E-state index contributed by atoms with van der Waals surface area (Å²) in [6, 6.07) is 22.0. The number of hydrogen-bond donors (Lipinski definition) is 4. The lowest BCUT2D eigenvalue weighted by Gasteiger charge is -2.39. The summed E-state index contributed by atoms with van der Waals surface area (Å²) in [7, 11) is 0. The molecule has 4 aromatic rings. The van der Waals surface area contributed by atoms with Crippen LogP contribution in [-0.4, -0.2) is 17.4 Å². The van der Waals surface area contributed by atoms with Gasteiger partial charge >= 0.3 is 0 Å². The van der Waals surface area contributed by atoms with Crippen LogP contribution in [0.25, 0.3) is 21.5 Å². The second-order valence-corrected chi connectivity index (χ2v) is 8.19. The van der Waals surface area contributed by atoms with Crippen LogP contribution in [0.4, 0.5) is 28.4 Å². The molecule has 0 spiro atoms. The van der Waals surface area contributed by atoms with Crippen LogP contribution in [0.5, 0.6) is 0 Å². The summed E-state index contributed by atoms with van der Waals surface area (Å²) in [5.74, 6) is 0. The van der Waals surface area contributed by atoms with Gasteiger partial charge in [-0.25, -0.2) is 0 Å². The molecule has 0 amide bonds. The predicted octanol–water partition coefficient (Wildman–Crippen LogP) is 6.32. The SMILES string of the molecule is CC1(CCCO)Nc2cccc3c(/N=N/c4ccc(N)c5ccccc45)ccc(c23)N1. The predicted molar refractivity (Wildman–Crippen MR) is 128 cm³/mol. The van der Waals surface area contributed by atoms with Crippen molar-refractivity contribution in [2.24, 2.45) is 10.2 Å². The molecule has 1 aliphatic heterocycles. The van der Waals surface area contributed by atoms with E-state index in [1.54, 1.807) is 0 Å². The summed E-state index contributed by atoms with van der Waals surface area (Å²) in [5.41, 5.74) is 10.3. The molecule has 4 aromatic carbocycles. The van der Waals surface area contributed by atoms with Gasteiger partial charge < -0.3 is 21.5 Å². The van der Waals surface area contributed by atoms with Crippen LogP contribution in [0.2, 0.25) is 0 Å². The van der Waals surface area contributed by atoms with E-state index in [0.29, 0.717) is 0 Å². The molecular formula is C25H25N5O. The zero-order valence-corrected chi connectivity index (χ0v) is 17.4. The molecule has 5 N–H and O–H groups in total. The van der Waals surface area contributed by atoms with Crippen LogP contribution in [-0.2, 0) is 0 Å². The molecule has 156 valence electrons. The normalized spacial score (nSPS) is 17.7. The molecule has 0 fully saturated rings. The Labute approximate surface area is 180 Å². The van der Waals surface area contributed by atoms with Gasteiger partial charge in [0.05, 0.1) is 11.4 Å². The fraction of sp³-hybridized carbons (Fsp3) is 0.200. The quantitative estimate of drug-likeness (QED) is 0.228. The third-order valence-corrected chi connectivity index (χ3v) is 5.87. The van der Waals surface area contributed by atoms with Gasteiger partial charge in [0.25, 0.3) is 0 Å². The van der Waals surface area contributed by atoms with Gasteiger partial charge in [-0.3, -0.25) is 0 Å². The fourth-order valence-electron chi connectivity index (χ4n) is 4.37. The van der Waals surface area contributed by atoms with Gasteiger partial charge in [-0.1, -0.05) is 36.4 Å². The van der Waals surface area contributed by atoms with Gasteiger partial charge in [0.1, 0.15) is 5.66 Å². The summed E-state index contributed by atoms with van der Waals surface area (Å²) in [4.78, 5) is 0. The number of benzene rings is 4. The molecule has 5 rings (SSSR count). The first-order valence-electron chi connectivity index (χ1n) is 10.5. The van der Waals surface area contributed by atoms with E-state index in [0.717, 1.165) is 62.8 Å². The second-order valence-electron chi connectivity index (χ2n) is 8.19. The molecule has 1 unspecified atom stereocenters. The minimum atomic E-state index is -0.310. The fourth-order valence-corrected chi connectivity index (χ4v) is 4.37. The van der Waals surface area contributed by atoms with Crippen molar-refractivity contribution in [2.75, 3.05) is 23.0 Å². The monoisotopic (exact) mass is 411 g/mol. The first-order valence-corrected chi connectivity index (χ1v) is 10.5. The van der Waals surface area contributed by atoms with Gasteiger partial charge in [-0.05, 0) is 50.1 Å². The maximum atomic E-state index is 9.24. The van der Waals surface area contributed by atoms with Crippen LogP contribution < -0.4 is 16.4 Å². The minimum Gasteiger partial charge on any atom is -0.398 e. The Balaban J connectivity index is 1.55. The van der Waals surface area contributed by atoms with Crippen LogP contribution in [0.3, 0.4) is 0 Å². The van der Waals surface area contributed by atoms with Gasteiger partial charge in [-0.2, -0.15) is 0 Å². The number of hydrogen-bond acceptors (Lipinski definition) is 6. The van der Waals surface area contributed by atoms with Gasteiger partial charge in [-0.15, -0.1) is 10.2 Å². The number of aliphatic hydroxyl groups is 1. The summed E-state index contributed by atoms with van der Waals surface area (Å²) in [6.45, 7) is 2.29. The highest BCUT2D eigenvalue weighted by molar-refractivity contribution is 6.09. The lowest BCUT2D eigenvalue weighted by molar-refractivity contribution is 0.274. The van der Waals surface area contributed by atoms with Gasteiger partial charge in [0, 0.05) is 45.2 Å². The maximum absolute atomic E-state index is 9.24. The van der Waals surface area contributed by atoms with Crippen molar-refractivity contribution >= 4 is 50.0 Å². The van der Waals surface area contributed by atoms with Gasteiger partial charge in [0.2, 0.25) is 0 Å². The second kappa shape index (κ2) is 7.56. The van der Waals surface area contributed by atoms with E-state index < -0.39 is 0 Å². The Bertz CT molecular complexity index is 1300. The molecule has 0 aliphatic carbocycles. The first-order chi connectivity index (χ1) is 15.1. The standard InChI is InChI=1S/C25H25N5O/c1-25(14-5-15-31)27-22-9-4-8-18-21(12-13-23(28-25)24(18)22)30-29-20-11-10-19(26)16-6-2-3-7-17(16)20/h2-4,6-13,27-28,31H,5,14-15,26H2,1H3/b30-29+. The molecule has 6 heteroatoms. The Morgan fingerprint density at radius 1 is 0.806 bits per heavy atom. The van der Waals surface area contributed by atoms with Crippen LogP contribution in [0, 0.1) is 0 Å². The number of nitrogens with zero attached hydrogens (tertiary/aromatic N) is 2. The smallest absolute Gasteiger partial charge is 0.105 e. The molecule has 1 heterocycles. The number of nitrogen functional groups attached to an aromatic ring is 1. The summed E-state index contributed by atoms with van der Waals surface area (Å²) in [5, 5.41) is 29.7. The molecule has 31 heavy (non-hydrogen) atoms. The molecule has 0 aromatic heterocycles. The topological polar surface area (TPSA) is 95.0 Å². The lowest BCUT2D eigenvalue weighted by Crippen LogP contribution is -2.45. The number of azo groups is 1. The maximum Gasteiger partial charge on any atom is 0.105 e. The molecule has 6 nitrogen and oxygen atoms in total. The number of rotatable bonds is 5. The molecule has 0 bridgehead atoms. The number of fused-ring (bicyclic) bond motifs is 1. The van der Waals surface area contributed by atoms with E-state index in [9.17, 15) is 5.11 Å². The number of aliphatic hydroxyl groups excluding tert-OH is 1. The molecule has 0 saturated carbocycles. The van der Waals surface area contributed by atoms with Gasteiger partial charge in [0.15, 0.2) is 0 Å². The van der Waals surface area contributed by atoms with E-state index in [2.05, 4.69) is 46.0 Å². The third-order valence-electron chi connectivity index (χ3n) is 5.87. The van der Waals surface area contributed by atoms with E-state index >= 15 is 0 Å². The van der Waals surface area contributed by atoms with Crippen LogP contribution in [0.15, 0.2) is 77.0 Å². The Hall–Kier alpha value is -3.64. The zero-order valence-electron chi connectivity index (χ0n) is 17.4. The van der Waals surface area contributed by atoms with Crippen molar-refractivity contribution in [3.63, 3.8) is 0 Å². The van der Waals surface area contributed by atoms with E-state index in [4.69, 9.17) is 5.73 Å². The summed E-state index contributed by atoms with van der Waals surface area (Å²) < 4.78 is 0. The average Bonchev–Trinajstić information content (AvgIpc) is 2.78. The van der Waals surface area contributed by atoms with Crippen LogP contribution >= 0.6 is 0 Å². The highest BCUT2D eigenvalue weighted by atomic mass is 16.2. The van der Waals surface area contributed by atoms with Crippen molar-refractivity contribution in [3.05, 3.63) is 66.7 Å². The average molecular weight is 412 g/mol. The first kappa shape index (κ1) is 19.3. The zero-order chi connectivity index (χ0) is 21.4. The minimum absolute atomic E-state index is 0.176. The Kier molecular flexibility index (Phi) is 4.71. The Morgan fingerprint density at radius 2 is 1.45 bits per heavy atom. The van der Waals surface area contributed by atoms with Crippen molar-refractivity contribution in [2.45, 2.75) is 25.4 Å².